The maximum atomic E-state index is 5.88. The lowest BCUT2D eigenvalue weighted by atomic mass is 10.2. The molecule has 0 saturated heterocycles. The monoisotopic (exact) mass is 224 g/mol. The molecule has 1 rings (SSSR count). The molecule has 0 spiro atoms. The number of hydrogen-bond acceptors (Lipinski definition) is 3. The molecule has 16 heavy (non-hydrogen) atoms. The maximum absolute atomic E-state index is 5.88. The molecule has 1 heterocycles. The van der Waals surface area contributed by atoms with Crippen molar-refractivity contribution >= 4 is 0 Å². The molecule has 0 bridgehead atoms. The van der Waals surface area contributed by atoms with Crippen molar-refractivity contribution in [2.45, 2.75) is 39.3 Å². The fraction of sp³-hybridized carbons (Fsp3) is 0.750. The Labute approximate surface area is 98.5 Å². The second-order valence-electron chi connectivity index (χ2n) is 4.24. The van der Waals surface area contributed by atoms with E-state index in [2.05, 4.69) is 35.3 Å². The molecule has 92 valence electrons. The van der Waals surface area contributed by atoms with E-state index in [-0.39, 0.29) is 6.04 Å². The number of imidazole rings is 1. The van der Waals surface area contributed by atoms with Gasteiger partial charge in [-0.3, -0.25) is 4.90 Å². The Kier molecular flexibility index (Phi) is 5.49. The molecule has 0 amide bonds. The molecule has 0 aromatic carbocycles. The third-order valence-electron chi connectivity index (χ3n) is 2.88. The van der Waals surface area contributed by atoms with Crippen LogP contribution in [0.25, 0.3) is 0 Å². The van der Waals surface area contributed by atoms with E-state index in [9.17, 15) is 0 Å². The summed E-state index contributed by atoms with van der Waals surface area (Å²) in [6.45, 7) is 7.10. The van der Waals surface area contributed by atoms with Gasteiger partial charge in [0.05, 0.1) is 18.1 Å². The van der Waals surface area contributed by atoms with Crippen molar-refractivity contribution in [1.29, 1.82) is 0 Å². The molecule has 1 atom stereocenters. The van der Waals surface area contributed by atoms with Crippen LogP contribution in [0, 0.1) is 0 Å². The van der Waals surface area contributed by atoms with Crippen LogP contribution < -0.4 is 5.73 Å². The summed E-state index contributed by atoms with van der Waals surface area (Å²) < 4.78 is 2.21. The minimum absolute atomic E-state index is 0.286. The van der Waals surface area contributed by atoms with Crippen LogP contribution in [0.4, 0.5) is 0 Å². The van der Waals surface area contributed by atoms with Gasteiger partial charge in [0.15, 0.2) is 0 Å². The summed E-state index contributed by atoms with van der Waals surface area (Å²) in [6, 6.07) is 0.286. The molecule has 4 heteroatoms. The van der Waals surface area contributed by atoms with Crippen LogP contribution in [0.5, 0.6) is 0 Å². The van der Waals surface area contributed by atoms with Crippen LogP contribution >= 0.6 is 0 Å². The summed E-state index contributed by atoms with van der Waals surface area (Å²) >= 11 is 0. The van der Waals surface area contributed by atoms with Gasteiger partial charge in [0.1, 0.15) is 0 Å². The van der Waals surface area contributed by atoms with E-state index >= 15 is 0 Å². The Morgan fingerprint density at radius 2 is 2.19 bits per heavy atom. The van der Waals surface area contributed by atoms with Gasteiger partial charge < -0.3 is 10.3 Å². The molecule has 0 aliphatic carbocycles. The maximum Gasteiger partial charge on any atom is 0.0948 e. The Morgan fingerprint density at radius 3 is 2.75 bits per heavy atom. The third kappa shape index (κ3) is 3.06. The molecule has 4 nitrogen and oxygen atoms in total. The second-order valence-corrected chi connectivity index (χ2v) is 4.24. The summed E-state index contributed by atoms with van der Waals surface area (Å²) in [5, 5.41) is 0. The normalized spacial score (nSPS) is 13.3. The van der Waals surface area contributed by atoms with Crippen molar-refractivity contribution in [1.82, 2.24) is 14.5 Å². The zero-order chi connectivity index (χ0) is 12.0. The van der Waals surface area contributed by atoms with Gasteiger partial charge in [0.25, 0.3) is 0 Å². The first-order valence-corrected chi connectivity index (χ1v) is 6.14. The summed E-state index contributed by atoms with van der Waals surface area (Å²) in [5.74, 6) is 0. The second kappa shape index (κ2) is 6.66. The fourth-order valence-corrected chi connectivity index (χ4v) is 2.07. The Bertz CT molecular complexity index is 295. The molecule has 2 N–H and O–H groups in total. The zero-order valence-electron chi connectivity index (χ0n) is 10.7. The number of hydrogen-bond donors (Lipinski definition) is 1. The van der Waals surface area contributed by atoms with Gasteiger partial charge in [-0.15, -0.1) is 0 Å². The molecule has 1 aromatic heterocycles. The number of aromatic nitrogens is 2. The first kappa shape index (κ1) is 13.2. The van der Waals surface area contributed by atoms with Gasteiger partial charge in [-0.25, -0.2) is 4.98 Å². The molecule has 1 aromatic rings. The first-order chi connectivity index (χ1) is 7.74. The average molecular weight is 224 g/mol. The molecule has 0 radical (unpaired) electrons. The van der Waals surface area contributed by atoms with E-state index < -0.39 is 0 Å². The van der Waals surface area contributed by atoms with Crippen LogP contribution in [0.2, 0.25) is 0 Å². The summed E-state index contributed by atoms with van der Waals surface area (Å²) in [7, 11) is 2.13. The lowest BCUT2D eigenvalue weighted by Crippen LogP contribution is -2.32. The van der Waals surface area contributed by atoms with Crippen LogP contribution in [0.1, 0.15) is 38.4 Å². The van der Waals surface area contributed by atoms with Crippen molar-refractivity contribution < 1.29 is 0 Å². The van der Waals surface area contributed by atoms with Crippen molar-refractivity contribution in [2.24, 2.45) is 5.73 Å². The minimum atomic E-state index is 0.286. The highest BCUT2D eigenvalue weighted by Crippen LogP contribution is 2.18. The van der Waals surface area contributed by atoms with E-state index in [1.807, 2.05) is 12.5 Å². The van der Waals surface area contributed by atoms with Crippen LogP contribution in [-0.4, -0.2) is 34.6 Å². The minimum Gasteiger partial charge on any atom is -0.333 e. The quantitative estimate of drug-likeness (QED) is 0.766. The standard InChI is InChI=1S/C12H24N4/c1-4-6-15(3)11(8-13)12-9-14-10-16(12)7-5-2/h9-11H,4-8,13H2,1-3H3. The van der Waals surface area contributed by atoms with Gasteiger partial charge in [-0.2, -0.15) is 0 Å². The Hall–Kier alpha value is -0.870. The highest BCUT2D eigenvalue weighted by molar-refractivity contribution is 5.06. The zero-order valence-corrected chi connectivity index (χ0v) is 10.7. The fourth-order valence-electron chi connectivity index (χ4n) is 2.07. The Morgan fingerprint density at radius 1 is 1.44 bits per heavy atom. The number of likely N-dealkylation sites (N-methyl/N-ethyl adjacent to an activating group) is 1. The molecule has 0 fully saturated rings. The summed E-state index contributed by atoms with van der Waals surface area (Å²) in [5.41, 5.74) is 7.11. The Balaban J connectivity index is 2.81. The number of nitrogens with zero attached hydrogens (tertiary/aromatic N) is 3. The molecular formula is C12H24N4. The smallest absolute Gasteiger partial charge is 0.0948 e. The van der Waals surface area contributed by atoms with E-state index in [1.165, 1.54) is 5.69 Å². The lowest BCUT2D eigenvalue weighted by Gasteiger charge is -2.27. The number of aryl methyl sites for hydroxylation is 1. The summed E-state index contributed by atoms with van der Waals surface area (Å²) in [4.78, 5) is 6.54. The molecule has 1 unspecified atom stereocenters. The third-order valence-corrected chi connectivity index (χ3v) is 2.88. The van der Waals surface area contributed by atoms with Crippen molar-refractivity contribution in [3.8, 4) is 0 Å². The van der Waals surface area contributed by atoms with Crippen LogP contribution in [0.15, 0.2) is 12.5 Å². The van der Waals surface area contributed by atoms with E-state index in [0.29, 0.717) is 6.54 Å². The van der Waals surface area contributed by atoms with Crippen molar-refractivity contribution in [3.63, 3.8) is 0 Å². The predicted octanol–water partition coefficient (Wildman–Crippen LogP) is 1.63. The van der Waals surface area contributed by atoms with Gasteiger partial charge in [-0.05, 0) is 26.4 Å². The van der Waals surface area contributed by atoms with Crippen molar-refractivity contribution in [2.75, 3.05) is 20.1 Å². The highest BCUT2D eigenvalue weighted by Gasteiger charge is 2.18. The number of nitrogens with two attached hydrogens (primary N) is 1. The molecule has 0 saturated carbocycles. The van der Waals surface area contributed by atoms with Gasteiger partial charge in [0, 0.05) is 19.3 Å². The summed E-state index contributed by atoms with van der Waals surface area (Å²) in [6.07, 6.45) is 6.12. The predicted molar refractivity (Wildman–Crippen MR) is 67.2 cm³/mol. The topological polar surface area (TPSA) is 47.1 Å². The van der Waals surface area contributed by atoms with Crippen LogP contribution in [-0.2, 0) is 6.54 Å². The molecule has 0 aliphatic rings. The van der Waals surface area contributed by atoms with Gasteiger partial charge in [0.2, 0.25) is 0 Å². The first-order valence-electron chi connectivity index (χ1n) is 6.14. The number of rotatable bonds is 7. The lowest BCUT2D eigenvalue weighted by molar-refractivity contribution is 0.241. The van der Waals surface area contributed by atoms with Crippen molar-refractivity contribution in [3.05, 3.63) is 18.2 Å². The van der Waals surface area contributed by atoms with E-state index in [4.69, 9.17) is 5.73 Å². The van der Waals surface area contributed by atoms with Gasteiger partial charge in [-0.1, -0.05) is 13.8 Å². The molecular weight excluding hydrogens is 200 g/mol. The van der Waals surface area contributed by atoms with E-state index in [0.717, 1.165) is 25.9 Å². The molecule has 0 aliphatic heterocycles. The van der Waals surface area contributed by atoms with E-state index in [1.54, 1.807) is 0 Å². The van der Waals surface area contributed by atoms with Gasteiger partial charge >= 0.3 is 0 Å². The van der Waals surface area contributed by atoms with Crippen LogP contribution in [0.3, 0.4) is 0 Å². The SMILES string of the molecule is CCCN(C)C(CN)c1cncn1CCC. The average Bonchev–Trinajstić information content (AvgIpc) is 2.69. The highest BCUT2D eigenvalue weighted by atomic mass is 15.2. The largest absolute Gasteiger partial charge is 0.333 e.